The fourth-order valence-electron chi connectivity index (χ4n) is 2.30. The number of hydrogen-bond acceptors (Lipinski definition) is 4. The second-order valence-corrected chi connectivity index (χ2v) is 4.77. The number of carboxylic acids is 1. The predicted octanol–water partition coefficient (Wildman–Crippen LogP) is 1.54. The lowest BCUT2D eigenvalue weighted by Crippen LogP contribution is -2.40. The van der Waals surface area contributed by atoms with Crippen molar-refractivity contribution in [1.82, 2.24) is 10.5 Å². The summed E-state index contributed by atoms with van der Waals surface area (Å²) in [6, 6.07) is -0.884. The SMILES string of the molecule is CCC(NC(=O)c1noc2c1CCCCC2)C(=O)O. The summed E-state index contributed by atoms with van der Waals surface area (Å²) in [5, 5.41) is 15.2. The van der Waals surface area contributed by atoms with Gasteiger partial charge in [-0.05, 0) is 25.7 Å². The molecule has 0 aliphatic heterocycles. The van der Waals surface area contributed by atoms with Gasteiger partial charge in [-0.1, -0.05) is 18.5 Å². The molecule has 6 nitrogen and oxygen atoms in total. The van der Waals surface area contributed by atoms with Crippen LogP contribution in [-0.4, -0.2) is 28.2 Å². The Morgan fingerprint density at radius 3 is 2.79 bits per heavy atom. The van der Waals surface area contributed by atoms with Gasteiger partial charge in [0.15, 0.2) is 5.69 Å². The van der Waals surface area contributed by atoms with Crippen molar-refractivity contribution in [2.24, 2.45) is 0 Å². The normalized spacial score (nSPS) is 16.3. The Labute approximate surface area is 111 Å². The number of hydrogen-bond donors (Lipinski definition) is 2. The maximum Gasteiger partial charge on any atom is 0.326 e. The number of carbonyl (C=O) groups excluding carboxylic acids is 1. The highest BCUT2D eigenvalue weighted by Crippen LogP contribution is 2.23. The minimum atomic E-state index is -1.04. The molecule has 0 saturated heterocycles. The number of fused-ring (bicyclic) bond motifs is 1. The minimum Gasteiger partial charge on any atom is -0.480 e. The quantitative estimate of drug-likeness (QED) is 0.806. The van der Waals surface area contributed by atoms with Crippen LogP contribution in [0.3, 0.4) is 0 Å². The summed E-state index contributed by atoms with van der Waals surface area (Å²) in [5.41, 5.74) is 1.09. The van der Waals surface area contributed by atoms with E-state index in [1.54, 1.807) is 6.92 Å². The summed E-state index contributed by atoms with van der Waals surface area (Å²) in [6.45, 7) is 1.71. The highest BCUT2D eigenvalue weighted by Gasteiger charge is 2.26. The highest BCUT2D eigenvalue weighted by molar-refractivity contribution is 5.96. The van der Waals surface area contributed by atoms with Crippen molar-refractivity contribution in [2.75, 3.05) is 0 Å². The number of aliphatic carboxylic acids is 1. The first-order chi connectivity index (χ1) is 9.13. The number of amides is 1. The zero-order valence-electron chi connectivity index (χ0n) is 10.9. The van der Waals surface area contributed by atoms with Gasteiger partial charge in [-0.2, -0.15) is 0 Å². The summed E-state index contributed by atoms with van der Waals surface area (Å²) in [7, 11) is 0. The molecule has 1 amide bonds. The first-order valence-corrected chi connectivity index (χ1v) is 6.64. The molecule has 0 fully saturated rings. The van der Waals surface area contributed by atoms with Crippen LogP contribution < -0.4 is 5.32 Å². The molecule has 2 N–H and O–H groups in total. The average Bonchev–Trinajstić information content (AvgIpc) is 2.64. The molecule has 1 aromatic heterocycles. The topological polar surface area (TPSA) is 92.4 Å². The minimum absolute atomic E-state index is 0.247. The third-order valence-corrected chi connectivity index (χ3v) is 3.43. The largest absolute Gasteiger partial charge is 0.480 e. The third kappa shape index (κ3) is 2.94. The van der Waals surface area contributed by atoms with E-state index in [0.717, 1.165) is 43.4 Å². The molecule has 0 spiro atoms. The van der Waals surface area contributed by atoms with Gasteiger partial charge in [0.1, 0.15) is 11.8 Å². The second kappa shape index (κ2) is 5.86. The van der Waals surface area contributed by atoms with Crippen molar-refractivity contribution in [3.8, 4) is 0 Å². The lowest BCUT2D eigenvalue weighted by Gasteiger charge is -2.11. The zero-order valence-corrected chi connectivity index (χ0v) is 10.9. The Morgan fingerprint density at radius 2 is 2.11 bits per heavy atom. The van der Waals surface area contributed by atoms with Gasteiger partial charge >= 0.3 is 5.97 Å². The van der Waals surface area contributed by atoms with Crippen molar-refractivity contribution < 1.29 is 19.2 Å². The Kier molecular flexibility index (Phi) is 4.19. The van der Waals surface area contributed by atoms with Gasteiger partial charge in [-0.25, -0.2) is 4.79 Å². The van der Waals surface area contributed by atoms with Crippen LogP contribution in [0.25, 0.3) is 0 Å². The van der Waals surface area contributed by atoms with Crippen molar-refractivity contribution >= 4 is 11.9 Å². The van der Waals surface area contributed by atoms with Crippen LogP contribution in [0.2, 0.25) is 0 Å². The van der Waals surface area contributed by atoms with E-state index in [1.165, 1.54) is 0 Å². The van der Waals surface area contributed by atoms with Crippen LogP contribution in [0.1, 0.15) is 54.4 Å². The highest BCUT2D eigenvalue weighted by atomic mass is 16.5. The molecule has 0 radical (unpaired) electrons. The number of carboxylic acid groups (broad SMARTS) is 1. The Hall–Kier alpha value is -1.85. The lowest BCUT2D eigenvalue weighted by atomic mass is 10.1. The molecule has 2 rings (SSSR count). The molecule has 1 aromatic rings. The molecule has 104 valence electrons. The van der Waals surface area contributed by atoms with E-state index in [9.17, 15) is 9.59 Å². The number of carbonyl (C=O) groups is 2. The van der Waals surface area contributed by atoms with Gasteiger partial charge in [-0.3, -0.25) is 4.79 Å². The van der Waals surface area contributed by atoms with Crippen molar-refractivity contribution in [3.05, 3.63) is 17.0 Å². The Bertz CT molecular complexity index is 481. The number of rotatable bonds is 4. The summed E-state index contributed by atoms with van der Waals surface area (Å²) < 4.78 is 5.21. The molecular formula is C13H18N2O4. The summed E-state index contributed by atoms with van der Waals surface area (Å²) in [4.78, 5) is 23.0. The van der Waals surface area contributed by atoms with Gasteiger partial charge in [-0.15, -0.1) is 0 Å². The van der Waals surface area contributed by atoms with Gasteiger partial charge in [0.25, 0.3) is 5.91 Å². The van der Waals surface area contributed by atoms with Crippen molar-refractivity contribution in [3.63, 3.8) is 0 Å². The van der Waals surface area contributed by atoms with Crippen molar-refractivity contribution in [2.45, 2.75) is 51.5 Å². The van der Waals surface area contributed by atoms with E-state index in [0.29, 0.717) is 6.42 Å². The molecule has 1 atom stereocenters. The van der Waals surface area contributed by atoms with Crippen LogP contribution in [0, 0.1) is 0 Å². The monoisotopic (exact) mass is 266 g/mol. The van der Waals surface area contributed by atoms with E-state index in [2.05, 4.69) is 10.5 Å². The molecule has 6 heteroatoms. The summed E-state index contributed by atoms with van der Waals surface area (Å²) in [5.74, 6) is -0.724. The van der Waals surface area contributed by atoms with Crippen molar-refractivity contribution in [1.29, 1.82) is 0 Å². The average molecular weight is 266 g/mol. The molecule has 0 saturated carbocycles. The standard InChI is InChI=1S/C13H18N2O4/c1-2-9(13(17)18)14-12(16)11-8-6-4-3-5-7-10(8)19-15-11/h9H,2-7H2,1H3,(H,14,16)(H,17,18). The van der Waals surface area contributed by atoms with Crippen LogP contribution >= 0.6 is 0 Å². The lowest BCUT2D eigenvalue weighted by molar-refractivity contribution is -0.139. The molecule has 0 aromatic carbocycles. The van der Waals surface area contributed by atoms with E-state index >= 15 is 0 Å². The molecular weight excluding hydrogens is 248 g/mol. The van der Waals surface area contributed by atoms with E-state index in [1.807, 2.05) is 0 Å². The fraction of sp³-hybridized carbons (Fsp3) is 0.615. The van der Waals surface area contributed by atoms with Gasteiger partial charge in [0, 0.05) is 12.0 Å². The molecule has 0 bridgehead atoms. The first-order valence-electron chi connectivity index (χ1n) is 6.64. The molecule has 19 heavy (non-hydrogen) atoms. The van der Waals surface area contributed by atoms with Crippen LogP contribution in [0.15, 0.2) is 4.52 Å². The summed E-state index contributed by atoms with van der Waals surface area (Å²) >= 11 is 0. The smallest absolute Gasteiger partial charge is 0.326 e. The van der Waals surface area contributed by atoms with Gasteiger partial charge < -0.3 is 14.9 Å². The van der Waals surface area contributed by atoms with E-state index < -0.39 is 17.9 Å². The van der Waals surface area contributed by atoms with Gasteiger partial charge in [0.05, 0.1) is 0 Å². The number of aryl methyl sites for hydroxylation is 1. The number of aromatic nitrogens is 1. The Morgan fingerprint density at radius 1 is 1.37 bits per heavy atom. The number of nitrogens with zero attached hydrogens (tertiary/aromatic N) is 1. The molecule has 1 heterocycles. The molecule has 1 unspecified atom stereocenters. The van der Waals surface area contributed by atoms with Crippen LogP contribution in [0.4, 0.5) is 0 Å². The maximum absolute atomic E-state index is 12.1. The predicted molar refractivity (Wildman–Crippen MR) is 66.9 cm³/mol. The first kappa shape index (κ1) is 13.6. The third-order valence-electron chi connectivity index (χ3n) is 3.43. The fourth-order valence-corrected chi connectivity index (χ4v) is 2.30. The zero-order chi connectivity index (χ0) is 13.8. The summed E-state index contributed by atoms with van der Waals surface area (Å²) in [6.07, 6.45) is 5.05. The van der Waals surface area contributed by atoms with Crippen LogP contribution in [0.5, 0.6) is 0 Å². The number of nitrogens with one attached hydrogen (secondary N) is 1. The van der Waals surface area contributed by atoms with Crippen LogP contribution in [-0.2, 0) is 17.6 Å². The second-order valence-electron chi connectivity index (χ2n) is 4.77. The maximum atomic E-state index is 12.1. The Balaban J connectivity index is 2.15. The van der Waals surface area contributed by atoms with E-state index in [4.69, 9.17) is 9.63 Å². The molecule has 1 aliphatic carbocycles. The molecule has 1 aliphatic rings. The van der Waals surface area contributed by atoms with E-state index in [-0.39, 0.29) is 5.69 Å². The van der Waals surface area contributed by atoms with Gasteiger partial charge in [0.2, 0.25) is 0 Å².